The van der Waals surface area contributed by atoms with E-state index in [4.69, 9.17) is 15.4 Å². The molecule has 7 heteroatoms. The second-order valence-electron chi connectivity index (χ2n) is 4.32. The van der Waals surface area contributed by atoms with Crippen molar-refractivity contribution < 1.29 is 17.9 Å². The van der Waals surface area contributed by atoms with Gasteiger partial charge in [-0.1, -0.05) is 6.07 Å². The normalized spacial score (nSPS) is 11.4. The first-order valence-corrected chi connectivity index (χ1v) is 8.50. The first-order valence-electron chi connectivity index (χ1n) is 6.19. The van der Waals surface area contributed by atoms with Gasteiger partial charge in [0, 0.05) is 29.4 Å². The number of rotatable bonds is 6. The molecule has 20 heavy (non-hydrogen) atoms. The highest BCUT2D eigenvalue weighted by Crippen LogP contribution is 2.23. The molecular formula is C13H18ClNO4S. The third kappa shape index (κ3) is 4.47. The standard InChI is InChI=1S/C13H18ClNO4S/c1-4-19-6-5-15-13(16)11-8-12(20(14,17)18)10(3)7-9(11)2/h7-8H,4-6H2,1-3H3,(H,15,16). The van der Waals surface area contributed by atoms with Gasteiger partial charge in [0.05, 0.1) is 11.5 Å². The fourth-order valence-electron chi connectivity index (χ4n) is 1.82. The van der Waals surface area contributed by atoms with Crippen molar-refractivity contribution in [1.82, 2.24) is 5.32 Å². The number of nitrogens with one attached hydrogen (secondary N) is 1. The first-order chi connectivity index (χ1) is 9.27. The zero-order valence-corrected chi connectivity index (χ0v) is 13.3. The van der Waals surface area contributed by atoms with E-state index in [-0.39, 0.29) is 10.8 Å². The lowest BCUT2D eigenvalue weighted by atomic mass is 10.1. The summed E-state index contributed by atoms with van der Waals surface area (Å²) in [5.74, 6) is -0.344. The predicted octanol–water partition coefficient (Wildman–Crippen LogP) is 2.00. The van der Waals surface area contributed by atoms with E-state index in [2.05, 4.69) is 5.32 Å². The van der Waals surface area contributed by atoms with E-state index in [0.717, 1.165) is 0 Å². The molecule has 1 amide bonds. The second-order valence-corrected chi connectivity index (χ2v) is 6.86. The predicted molar refractivity (Wildman–Crippen MR) is 77.8 cm³/mol. The maximum Gasteiger partial charge on any atom is 0.261 e. The van der Waals surface area contributed by atoms with Gasteiger partial charge in [-0.05, 0) is 38.0 Å². The third-order valence-corrected chi connectivity index (χ3v) is 4.23. The summed E-state index contributed by atoms with van der Waals surface area (Å²) in [6.45, 7) is 6.60. The third-order valence-electron chi connectivity index (χ3n) is 2.77. The highest BCUT2D eigenvalue weighted by atomic mass is 35.7. The van der Waals surface area contributed by atoms with Crippen molar-refractivity contribution in [2.24, 2.45) is 0 Å². The van der Waals surface area contributed by atoms with Crippen LogP contribution < -0.4 is 5.32 Å². The molecule has 0 aliphatic heterocycles. The number of hydrogen-bond acceptors (Lipinski definition) is 4. The Bertz CT molecular complexity index is 599. The first kappa shape index (κ1) is 16.9. The van der Waals surface area contributed by atoms with Gasteiger partial charge in [-0.3, -0.25) is 4.79 Å². The van der Waals surface area contributed by atoms with Gasteiger partial charge in [-0.2, -0.15) is 0 Å². The van der Waals surface area contributed by atoms with Crippen LogP contribution in [0.25, 0.3) is 0 Å². The molecule has 0 radical (unpaired) electrons. The molecule has 1 aromatic rings. The fourth-order valence-corrected chi connectivity index (χ4v) is 3.02. The molecule has 1 aromatic carbocycles. The highest BCUT2D eigenvalue weighted by molar-refractivity contribution is 8.13. The molecule has 0 aliphatic rings. The summed E-state index contributed by atoms with van der Waals surface area (Å²) in [7, 11) is 1.49. The van der Waals surface area contributed by atoms with E-state index in [1.807, 2.05) is 6.92 Å². The summed E-state index contributed by atoms with van der Waals surface area (Å²) in [4.78, 5) is 12.0. The maximum atomic E-state index is 12.0. The van der Waals surface area contributed by atoms with Gasteiger partial charge in [-0.15, -0.1) is 0 Å². The van der Waals surface area contributed by atoms with E-state index < -0.39 is 9.05 Å². The van der Waals surface area contributed by atoms with Gasteiger partial charge < -0.3 is 10.1 Å². The van der Waals surface area contributed by atoms with Crippen molar-refractivity contribution in [2.75, 3.05) is 19.8 Å². The second kappa shape index (κ2) is 7.06. The number of carbonyl (C=O) groups is 1. The van der Waals surface area contributed by atoms with Gasteiger partial charge in [0.1, 0.15) is 0 Å². The molecule has 1 rings (SSSR count). The summed E-state index contributed by atoms with van der Waals surface area (Å²) < 4.78 is 28.0. The summed E-state index contributed by atoms with van der Waals surface area (Å²) in [5, 5.41) is 2.67. The maximum absolute atomic E-state index is 12.0. The number of aryl methyl sites for hydroxylation is 2. The molecule has 0 saturated carbocycles. The van der Waals surface area contributed by atoms with Crippen LogP contribution >= 0.6 is 10.7 Å². The van der Waals surface area contributed by atoms with Crippen molar-refractivity contribution in [3.63, 3.8) is 0 Å². The molecule has 0 heterocycles. The molecule has 1 N–H and O–H groups in total. The van der Waals surface area contributed by atoms with Crippen LogP contribution in [0, 0.1) is 13.8 Å². The molecule has 0 unspecified atom stereocenters. The lowest BCUT2D eigenvalue weighted by Gasteiger charge is -2.11. The van der Waals surface area contributed by atoms with Gasteiger partial charge in [-0.25, -0.2) is 8.42 Å². The van der Waals surface area contributed by atoms with Crippen LogP contribution in [0.1, 0.15) is 28.4 Å². The van der Waals surface area contributed by atoms with Gasteiger partial charge in [0.2, 0.25) is 0 Å². The number of benzene rings is 1. The van der Waals surface area contributed by atoms with Crippen LogP contribution in [-0.2, 0) is 13.8 Å². The summed E-state index contributed by atoms with van der Waals surface area (Å²) >= 11 is 0. The molecule has 0 saturated heterocycles. The van der Waals surface area contributed by atoms with Crippen molar-refractivity contribution in [3.8, 4) is 0 Å². The lowest BCUT2D eigenvalue weighted by molar-refractivity contribution is 0.0922. The molecule has 0 spiro atoms. The minimum atomic E-state index is -3.87. The topological polar surface area (TPSA) is 72.5 Å². The Morgan fingerprint density at radius 1 is 1.30 bits per heavy atom. The summed E-state index contributed by atoms with van der Waals surface area (Å²) in [6.07, 6.45) is 0. The van der Waals surface area contributed by atoms with Crippen LogP contribution in [0.2, 0.25) is 0 Å². The van der Waals surface area contributed by atoms with E-state index in [9.17, 15) is 13.2 Å². The lowest BCUT2D eigenvalue weighted by Crippen LogP contribution is -2.28. The SMILES string of the molecule is CCOCCNC(=O)c1cc(S(=O)(=O)Cl)c(C)cc1C. The Morgan fingerprint density at radius 3 is 2.50 bits per heavy atom. The number of hydrogen-bond donors (Lipinski definition) is 1. The van der Waals surface area contributed by atoms with Crippen LogP contribution in [0.4, 0.5) is 0 Å². The zero-order chi connectivity index (χ0) is 15.3. The largest absolute Gasteiger partial charge is 0.380 e. The Morgan fingerprint density at radius 2 is 1.95 bits per heavy atom. The van der Waals surface area contributed by atoms with Crippen LogP contribution in [0.5, 0.6) is 0 Å². The Kier molecular flexibility index (Phi) is 5.98. The van der Waals surface area contributed by atoms with E-state index in [1.54, 1.807) is 19.9 Å². The van der Waals surface area contributed by atoms with Crippen LogP contribution in [0.15, 0.2) is 17.0 Å². The van der Waals surface area contributed by atoms with Crippen LogP contribution in [0.3, 0.4) is 0 Å². The Labute approximate surface area is 123 Å². The van der Waals surface area contributed by atoms with Crippen molar-refractivity contribution in [1.29, 1.82) is 0 Å². The van der Waals surface area contributed by atoms with Crippen molar-refractivity contribution in [2.45, 2.75) is 25.7 Å². The fraction of sp³-hybridized carbons (Fsp3) is 0.462. The van der Waals surface area contributed by atoms with Gasteiger partial charge in [0.25, 0.3) is 15.0 Å². The Hall–Kier alpha value is -1.11. The molecule has 112 valence electrons. The number of carbonyl (C=O) groups excluding carboxylic acids is 1. The molecule has 0 bridgehead atoms. The van der Waals surface area contributed by atoms with E-state index >= 15 is 0 Å². The monoisotopic (exact) mass is 319 g/mol. The minimum Gasteiger partial charge on any atom is -0.380 e. The average Bonchev–Trinajstić information content (AvgIpc) is 2.32. The molecule has 5 nitrogen and oxygen atoms in total. The van der Waals surface area contributed by atoms with Crippen LogP contribution in [-0.4, -0.2) is 34.1 Å². The molecule has 0 atom stereocenters. The zero-order valence-electron chi connectivity index (χ0n) is 11.7. The Balaban J connectivity index is 2.98. The highest BCUT2D eigenvalue weighted by Gasteiger charge is 2.18. The summed E-state index contributed by atoms with van der Waals surface area (Å²) in [6, 6.07) is 2.94. The molecular weight excluding hydrogens is 302 g/mol. The summed E-state index contributed by atoms with van der Waals surface area (Å²) in [5.41, 5.74) is 1.51. The molecule has 0 aliphatic carbocycles. The number of amides is 1. The smallest absolute Gasteiger partial charge is 0.261 e. The quantitative estimate of drug-likeness (QED) is 0.643. The van der Waals surface area contributed by atoms with E-state index in [1.165, 1.54) is 6.07 Å². The van der Waals surface area contributed by atoms with Gasteiger partial charge >= 0.3 is 0 Å². The molecule has 0 aromatic heterocycles. The number of halogens is 1. The molecule has 0 fully saturated rings. The average molecular weight is 320 g/mol. The van der Waals surface area contributed by atoms with E-state index in [0.29, 0.717) is 36.4 Å². The van der Waals surface area contributed by atoms with Crippen molar-refractivity contribution in [3.05, 3.63) is 28.8 Å². The minimum absolute atomic E-state index is 0.0419. The number of ether oxygens (including phenoxy) is 1. The van der Waals surface area contributed by atoms with Gasteiger partial charge in [0.15, 0.2) is 0 Å². The van der Waals surface area contributed by atoms with Crippen molar-refractivity contribution >= 4 is 25.6 Å².